The predicted molar refractivity (Wildman–Crippen MR) is 89.1 cm³/mol. The van der Waals surface area contributed by atoms with E-state index in [-0.39, 0.29) is 5.96 Å². The standard InChI is InChI=1S/C13H13N3.C3H3NS/c14-13(15)16(11-7-3-1-4-8-11)12-9-5-2-6-10-12;1-2-5-3-4-1/h1-10H,(H3,14,15);1-3H. The molecule has 0 amide bonds. The van der Waals surface area contributed by atoms with Crippen LogP contribution in [-0.4, -0.2) is 10.9 Å². The molecule has 1 aromatic heterocycles. The van der Waals surface area contributed by atoms with Crippen molar-refractivity contribution in [3.63, 3.8) is 0 Å². The molecular weight excluding hydrogens is 280 g/mol. The summed E-state index contributed by atoms with van der Waals surface area (Å²) >= 11 is 1.60. The summed E-state index contributed by atoms with van der Waals surface area (Å²) in [5.41, 5.74) is 9.18. The van der Waals surface area contributed by atoms with Crippen LogP contribution in [-0.2, 0) is 0 Å². The van der Waals surface area contributed by atoms with Gasteiger partial charge in [-0.1, -0.05) is 36.4 Å². The Bertz CT molecular complexity index is 582. The fourth-order valence-corrected chi connectivity index (χ4v) is 2.11. The molecule has 4 nitrogen and oxygen atoms in total. The van der Waals surface area contributed by atoms with Gasteiger partial charge in [0.25, 0.3) is 0 Å². The van der Waals surface area contributed by atoms with Gasteiger partial charge in [0, 0.05) is 23.0 Å². The molecule has 0 aliphatic carbocycles. The Morgan fingerprint density at radius 3 is 1.76 bits per heavy atom. The first kappa shape index (κ1) is 14.7. The van der Waals surface area contributed by atoms with Gasteiger partial charge in [-0.15, -0.1) is 11.3 Å². The third kappa shape index (κ3) is 4.43. The molecule has 0 atom stereocenters. The number of benzene rings is 2. The van der Waals surface area contributed by atoms with Crippen LogP contribution < -0.4 is 10.6 Å². The molecule has 3 aromatic rings. The second-order valence-corrected chi connectivity index (χ2v) is 4.82. The Hall–Kier alpha value is -2.66. The van der Waals surface area contributed by atoms with E-state index in [1.807, 2.05) is 66.0 Å². The Kier molecular flexibility index (Phi) is 5.49. The summed E-state index contributed by atoms with van der Waals surface area (Å²) in [7, 11) is 0. The van der Waals surface area contributed by atoms with Crippen molar-refractivity contribution in [2.75, 3.05) is 4.90 Å². The van der Waals surface area contributed by atoms with Crippen LogP contribution in [0, 0.1) is 5.41 Å². The van der Waals surface area contributed by atoms with Gasteiger partial charge in [-0.05, 0) is 24.3 Å². The molecule has 0 unspecified atom stereocenters. The Balaban J connectivity index is 0.000000272. The molecule has 0 radical (unpaired) electrons. The number of hydrogen-bond acceptors (Lipinski definition) is 3. The maximum Gasteiger partial charge on any atom is 0.197 e. The highest BCUT2D eigenvalue weighted by Gasteiger charge is 2.10. The second-order valence-electron chi connectivity index (χ2n) is 4.07. The predicted octanol–water partition coefficient (Wildman–Crippen LogP) is 3.86. The van der Waals surface area contributed by atoms with Crippen molar-refractivity contribution in [1.82, 2.24) is 4.98 Å². The van der Waals surface area contributed by atoms with Crippen LogP contribution in [0.25, 0.3) is 0 Å². The summed E-state index contributed by atoms with van der Waals surface area (Å²) in [6.45, 7) is 0. The van der Waals surface area contributed by atoms with Gasteiger partial charge < -0.3 is 5.73 Å². The molecule has 0 saturated heterocycles. The minimum absolute atomic E-state index is 0.0115. The lowest BCUT2D eigenvalue weighted by Gasteiger charge is -2.22. The molecule has 0 aliphatic rings. The topological polar surface area (TPSA) is 66.0 Å². The highest BCUT2D eigenvalue weighted by molar-refractivity contribution is 7.07. The first-order chi connectivity index (χ1) is 10.3. The average molecular weight is 296 g/mol. The van der Waals surface area contributed by atoms with E-state index in [4.69, 9.17) is 11.1 Å². The van der Waals surface area contributed by atoms with Crippen molar-refractivity contribution in [1.29, 1.82) is 5.41 Å². The van der Waals surface area contributed by atoms with Crippen LogP contribution >= 0.6 is 11.3 Å². The van der Waals surface area contributed by atoms with Crippen LogP contribution in [0.3, 0.4) is 0 Å². The van der Waals surface area contributed by atoms with Gasteiger partial charge in [-0.3, -0.25) is 15.3 Å². The molecule has 0 aliphatic heterocycles. The lowest BCUT2D eigenvalue weighted by Crippen LogP contribution is -2.32. The lowest BCUT2D eigenvalue weighted by atomic mass is 10.2. The maximum absolute atomic E-state index is 7.63. The third-order valence-electron chi connectivity index (χ3n) is 2.62. The number of thiazole rings is 1. The molecule has 1 heterocycles. The van der Waals surface area contributed by atoms with Crippen molar-refractivity contribution in [3.05, 3.63) is 77.8 Å². The summed E-state index contributed by atoms with van der Waals surface area (Å²) in [6.07, 6.45) is 1.77. The number of nitrogens with one attached hydrogen (secondary N) is 1. The van der Waals surface area contributed by atoms with Crippen molar-refractivity contribution in [2.24, 2.45) is 5.73 Å². The van der Waals surface area contributed by atoms with E-state index in [1.165, 1.54) is 0 Å². The highest BCUT2D eigenvalue weighted by atomic mass is 32.1. The molecule has 0 saturated carbocycles. The lowest BCUT2D eigenvalue weighted by molar-refractivity contribution is 1.26. The number of nitrogens with zero attached hydrogens (tertiary/aromatic N) is 2. The summed E-state index contributed by atoms with van der Waals surface area (Å²) < 4.78 is 0. The zero-order valence-corrected chi connectivity index (χ0v) is 12.2. The SMILES string of the molecule is N=C(N)N(c1ccccc1)c1ccccc1.c1cscn1. The molecule has 5 heteroatoms. The fraction of sp³-hybridized carbons (Fsp3) is 0. The number of aromatic nitrogens is 1. The zero-order chi connectivity index (χ0) is 14.9. The molecule has 0 fully saturated rings. The van der Waals surface area contributed by atoms with E-state index in [9.17, 15) is 0 Å². The molecule has 3 rings (SSSR count). The zero-order valence-electron chi connectivity index (χ0n) is 11.4. The molecule has 106 valence electrons. The van der Waals surface area contributed by atoms with E-state index in [0.717, 1.165) is 11.4 Å². The number of para-hydroxylation sites is 2. The second kappa shape index (κ2) is 7.81. The van der Waals surface area contributed by atoms with E-state index < -0.39 is 0 Å². The number of rotatable bonds is 2. The van der Waals surface area contributed by atoms with Crippen molar-refractivity contribution < 1.29 is 0 Å². The molecule has 2 aromatic carbocycles. The Morgan fingerprint density at radius 1 is 0.952 bits per heavy atom. The van der Waals surface area contributed by atoms with Crippen LogP contribution in [0.5, 0.6) is 0 Å². The van der Waals surface area contributed by atoms with Crippen LogP contribution in [0.4, 0.5) is 11.4 Å². The number of nitrogens with two attached hydrogens (primary N) is 1. The van der Waals surface area contributed by atoms with Crippen LogP contribution in [0.2, 0.25) is 0 Å². The minimum Gasteiger partial charge on any atom is -0.369 e. The third-order valence-corrected chi connectivity index (χ3v) is 3.14. The summed E-state index contributed by atoms with van der Waals surface area (Å²) in [6, 6.07) is 19.3. The average Bonchev–Trinajstić information content (AvgIpc) is 3.09. The van der Waals surface area contributed by atoms with E-state index >= 15 is 0 Å². The van der Waals surface area contributed by atoms with Gasteiger partial charge in [0.05, 0.1) is 5.51 Å². The van der Waals surface area contributed by atoms with Gasteiger partial charge in [0.15, 0.2) is 5.96 Å². The monoisotopic (exact) mass is 296 g/mol. The van der Waals surface area contributed by atoms with Crippen molar-refractivity contribution >= 4 is 28.7 Å². The Labute approximate surface area is 128 Å². The molecule has 21 heavy (non-hydrogen) atoms. The number of hydrogen-bond donors (Lipinski definition) is 2. The number of anilines is 2. The first-order valence-electron chi connectivity index (χ1n) is 6.35. The van der Waals surface area contributed by atoms with Crippen molar-refractivity contribution in [3.8, 4) is 0 Å². The largest absolute Gasteiger partial charge is 0.369 e. The van der Waals surface area contributed by atoms with Gasteiger partial charge in [-0.2, -0.15) is 0 Å². The summed E-state index contributed by atoms with van der Waals surface area (Å²) in [5, 5.41) is 9.56. The Morgan fingerprint density at radius 2 is 1.48 bits per heavy atom. The summed E-state index contributed by atoms with van der Waals surface area (Å²) in [4.78, 5) is 5.44. The molecule has 0 spiro atoms. The van der Waals surface area contributed by atoms with Gasteiger partial charge in [-0.25, -0.2) is 0 Å². The molecule has 3 N–H and O–H groups in total. The van der Waals surface area contributed by atoms with E-state index in [1.54, 1.807) is 27.9 Å². The highest BCUT2D eigenvalue weighted by Crippen LogP contribution is 2.23. The number of guanidine groups is 1. The van der Waals surface area contributed by atoms with E-state index in [2.05, 4.69) is 4.98 Å². The smallest absolute Gasteiger partial charge is 0.197 e. The molecule has 0 bridgehead atoms. The minimum atomic E-state index is 0.0115. The molecular formula is C16H16N4S. The van der Waals surface area contributed by atoms with Gasteiger partial charge >= 0.3 is 0 Å². The van der Waals surface area contributed by atoms with Crippen LogP contribution in [0.1, 0.15) is 0 Å². The fourth-order valence-electron chi connectivity index (χ4n) is 1.76. The van der Waals surface area contributed by atoms with E-state index in [0.29, 0.717) is 0 Å². The first-order valence-corrected chi connectivity index (χ1v) is 7.29. The summed E-state index contributed by atoms with van der Waals surface area (Å²) in [5.74, 6) is 0.0115. The van der Waals surface area contributed by atoms with Gasteiger partial charge in [0.1, 0.15) is 0 Å². The van der Waals surface area contributed by atoms with Crippen molar-refractivity contribution in [2.45, 2.75) is 0 Å². The van der Waals surface area contributed by atoms with Gasteiger partial charge in [0.2, 0.25) is 0 Å². The maximum atomic E-state index is 7.63. The van der Waals surface area contributed by atoms with Crippen LogP contribution in [0.15, 0.2) is 77.8 Å². The normalized spacial score (nSPS) is 9.33. The quantitative estimate of drug-likeness (QED) is 0.557.